The van der Waals surface area contributed by atoms with Crippen LogP contribution in [0.1, 0.15) is 18.6 Å². The molecule has 1 aliphatic rings. The fourth-order valence-corrected chi connectivity index (χ4v) is 2.56. The lowest BCUT2D eigenvalue weighted by molar-refractivity contribution is -0.122. The minimum Gasteiger partial charge on any atom is -0.359 e. The monoisotopic (exact) mass is 303 g/mol. The van der Waals surface area contributed by atoms with Crippen molar-refractivity contribution in [1.82, 2.24) is 15.8 Å². The molecule has 116 valence electrons. The van der Waals surface area contributed by atoms with E-state index in [2.05, 4.69) is 15.8 Å². The molecule has 2 aromatic rings. The number of aromatic nitrogens is 1. The highest BCUT2D eigenvalue weighted by molar-refractivity contribution is 5.76. The van der Waals surface area contributed by atoms with Crippen LogP contribution in [0.3, 0.4) is 0 Å². The fraction of sp³-hybridized carbons (Fsp3) is 0.375. The van der Waals surface area contributed by atoms with Crippen molar-refractivity contribution in [3.63, 3.8) is 0 Å². The Balaban J connectivity index is 1.53. The molecule has 0 bridgehead atoms. The molecule has 1 aliphatic heterocycles. The van der Waals surface area contributed by atoms with Crippen LogP contribution in [0.15, 0.2) is 34.9 Å². The number of halogens is 1. The van der Waals surface area contributed by atoms with Crippen molar-refractivity contribution in [2.24, 2.45) is 5.92 Å². The maximum atomic E-state index is 12.9. The SMILES string of the molecule is O=C(C[C@H]1CCNC1)NCc1cc(-c2ccc(F)cc2)no1. The third-order valence-electron chi connectivity index (χ3n) is 3.80. The Hall–Kier alpha value is -2.21. The van der Waals surface area contributed by atoms with Crippen molar-refractivity contribution >= 4 is 5.91 Å². The molecule has 3 rings (SSSR count). The first-order valence-corrected chi connectivity index (χ1v) is 7.39. The minimum absolute atomic E-state index is 0.0217. The highest BCUT2D eigenvalue weighted by Gasteiger charge is 2.18. The molecule has 6 heteroatoms. The number of nitrogens with zero attached hydrogens (tertiary/aromatic N) is 1. The first kappa shape index (κ1) is 14.7. The first-order valence-electron chi connectivity index (χ1n) is 7.39. The van der Waals surface area contributed by atoms with Crippen molar-refractivity contribution in [2.45, 2.75) is 19.4 Å². The Labute approximate surface area is 127 Å². The summed E-state index contributed by atoms with van der Waals surface area (Å²) in [6, 6.07) is 7.79. The molecule has 0 saturated carbocycles. The number of nitrogens with one attached hydrogen (secondary N) is 2. The Morgan fingerprint density at radius 3 is 2.95 bits per heavy atom. The molecule has 1 amide bonds. The van der Waals surface area contributed by atoms with Gasteiger partial charge >= 0.3 is 0 Å². The van der Waals surface area contributed by atoms with Crippen molar-refractivity contribution < 1.29 is 13.7 Å². The van der Waals surface area contributed by atoms with Gasteiger partial charge in [-0.25, -0.2) is 4.39 Å². The second-order valence-electron chi connectivity index (χ2n) is 5.53. The summed E-state index contributed by atoms with van der Waals surface area (Å²) in [5, 5.41) is 10.0. The molecule has 0 aliphatic carbocycles. The van der Waals surface area contributed by atoms with Crippen LogP contribution in [0.5, 0.6) is 0 Å². The summed E-state index contributed by atoms with van der Waals surface area (Å²) in [5.41, 5.74) is 1.41. The summed E-state index contributed by atoms with van der Waals surface area (Å²) in [4.78, 5) is 11.8. The molecule has 1 atom stereocenters. The van der Waals surface area contributed by atoms with Crippen LogP contribution >= 0.6 is 0 Å². The highest BCUT2D eigenvalue weighted by Crippen LogP contribution is 2.19. The summed E-state index contributed by atoms with van der Waals surface area (Å²) < 4.78 is 18.1. The van der Waals surface area contributed by atoms with Gasteiger partial charge in [-0.05, 0) is 49.7 Å². The number of amides is 1. The Kier molecular flexibility index (Phi) is 4.48. The third kappa shape index (κ3) is 3.71. The summed E-state index contributed by atoms with van der Waals surface area (Å²) in [6.07, 6.45) is 1.58. The number of hydrogen-bond donors (Lipinski definition) is 2. The maximum Gasteiger partial charge on any atom is 0.220 e. The van der Waals surface area contributed by atoms with Gasteiger partial charge < -0.3 is 15.2 Å². The number of rotatable bonds is 5. The van der Waals surface area contributed by atoms with E-state index in [1.165, 1.54) is 12.1 Å². The van der Waals surface area contributed by atoms with Gasteiger partial charge in [0.05, 0.1) is 6.54 Å². The normalized spacial score (nSPS) is 17.6. The van der Waals surface area contributed by atoms with Gasteiger partial charge in [0, 0.05) is 18.1 Å². The summed E-state index contributed by atoms with van der Waals surface area (Å²) >= 11 is 0. The van der Waals surface area contributed by atoms with Gasteiger partial charge in [0.25, 0.3) is 0 Å². The Morgan fingerprint density at radius 2 is 2.23 bits per heavy atom. The average molecular weight is 303 g/mol. The number of carbonyl (C=O) groups is 1. The third-order valence-corrected chi connectivity index (χ3v) is 3.80. The van der Waals surface area contributed by atoms with E-state index in [0.717, 1.165) is 25.1 Å². The molecule has 0 unspecified atom stereocenters. The van der Waals surface area contributed by atoms with E-state index in [9.17, 15) is 9.18 Å². The summed E-state index contributed by atoms with van der Waals surface area (Å²) in [7, 11) is 0. The topological polar surface area (TPSA) is 67.2 Å². The number of hydrogen-bond acceptors (Lipinski definition) is 4. The standard InChI is InChI=1S/C16H18FN3O2/c17-13-3-1-12(2-4-13)15-8-14(22-20-15)10-19-16(21)7-11-5-6-18-9-11/h1-4,8,11,18H,5-7,9-10H2,(H,19,21)/t11-/m1/s1. The number of carbonyl (C=O) groups excluding carboxylic acids is 1. The van der Waals surface area contributed by atoms with Crippen LogP contribution in [0.2, 0.25) is 0 Å². The zero-order valence-corrected chi connectivity index (χ0v) is 12.1. The first-order chi connectivity index (χ1) is 10.7. The van der Waals surface area contributed by atoms with Crippen LogP contribution in [0, 0.1) is 11.7 Å². The lowest BCUT2D eigenvalue weighted by Crippen LogP contribution is -2.25. The molecule has 2 N–H and O–H groups in total. The predicted molar refractivity (Wildman–Crippen MR) is 79.3 cm³/mol. The van der Waals surface area contributed by atoms with E-state index in [1.807, 2.05) is 0 Å². The van der Waals surface area contributed by atoms with Crippen LogP contribution in [-0.4, -0.2) is 24.2 Å². The van der Waals surface area contributed by atoms with Gasteiger partial charge in [0.1, 0.15) is 11.5 Å². The van der Waals surface area contributed by atoms with E-state index in [1.54, 1.807) is 18.2 Å². The Bertz CT molecular complexity index is 633. The minimum atomic E-state index is -0.291. The second-order valence-corrected chi connectivity index (χ2v) is 5.53. The van der Waals surface area contributed by atoms with Crippen LogP contribution in [0.25, 0.3) is 11.3 Å². The molecule has 1 fully saturated rings. The summed E-state index contributed by atoms with van der Waals surface area (Å²) in [6.45, 7) is 2.21. The van der Waals surface area contributed by atoms with Gasteiger partial charge in [-0.15, -0.1) is 0 Å². The van der Waals surface area contributed by atoms with E-state index >= 15 is 0 Å². The van der Waals surface area contributed by atoms with Crippen molar-refractivity contribution in [1.29, 1.82) is 0 Å². The van der Waals surface area contributed by atoms with Gasteiger partial charge in [0.15, 0.2) is 5.76 Å². The Morgan fingerprint density at radius 1 is 1.41 bits per heavy atom. The lowest BCUT2D eigenvalue weighted by Gasteiger charge is -2.07. The molecule has 1 saturated heterocycles. The smallest absolute Gasteiger partial charge is 0.220 e. The predicted octanol–water partition coefficient (Wildman–Crippen LogP) is 2.10. The van der Waals surface area contributed by atoms with E-state index in [4.69, 9.17) is 4.52 Å². The maximum absolute atomic E-state index is 12.9. The van der Waals surface area contributed by atoms with Crippen LogP contribution in [0.4, 0.5) is 4.39 Å². The molecule has 22 heavy (non-hydrogen) atoms. The highest BCUT2D eigenvalue weighted by atomic mass is 19.1. The molecular formula is C16H18FN3O2. The van der Waals surface area contributed by atoms with E-state index < -0.39 is 0 Å². The van der Waals surface area contributed by atoms with Gasteiger partial charge in [-0.3, -0.25) is 4.79 Å². The van der Waals surface area contributed by atoms with Gasteiger partial charge in [-0.2, -0.15) is 0 Å². The molecule has 5 nitrogen and oxygen atoms in total. The molecular weight excluding hydrogens is 285 g/mol. The van der Waals surface area contributed by atoms with Crippen molar-refractivity contribution in [2.75, 3.05) is 13.1 Å². The van der Waals surface area contributed by atoms with Crippen LogP contribution in [-0.2, 0) is 11.3 Å². The molecule has 1 aromatic carbocycles. The fourth-order valence-electron chi connectivity index (χ4n) is 2.56. The summed E-state index contributed by atoms with van der Waals surface area (Å²) in [5.74, 6) is 0.733. The lowest BCUT2D eigenvalue weighted by atomic mass is 10.0. The van der Waals surface area contributed by atoms with Gasteiger partial charge in [0.2, 0.25) is 5.91 Å². The quantitative estimate of drug-likeness (QED) is 0.887. The molecule has 0 radical (unpaired) electrons. The van der Waals surface area contributed by atoms with Crippen molar-refractivity contribution in [3.05, 3.63) is 41.9 Å². The van der Waals surface area contributed by atoms with Crippen molar-refractivity contribution in [3.8, 4) is 11.3 Å². The number of benzene rings is 1. The van der Waals surface area contributed by atoms with E-state index in [-0.39, 0.29) is 11.7 Å². The zero-order valence-electron chi connectivity index (χ0n) is 12.1. The molecule has 1 aromatic heterocycles. The molecule has 0 spiro atoms. The molecule has 2 heterocycles. The average Bonchev–Trinajstić information content (AvgIpc) is 3.17. The largest absolute Gasteiger partial charge is 0.359 e. The zero-order chi connectivity index (χ0) is 15.4. The second kappa shape index (κ2) is 6.70. The van der Waals surface area contributed by atoms with Crippen LogP contribution < -0.4 is 10.6 Å². The van der Waals surface area contributed by atoms with E-state index in [0.29, 0.717) is 30.3 Å². The van der Waals surface area contributed by atoms with Gasteiger partial charge in [-0.1, -0.05) is 5.16 Å².